The summed E-state index contributed by atoms with van der Waals surface area (Å²) < 4.78 is 2.48. The summed E-state index contributed by atoms with van der Waals surface area (Å²) >= 11 is 0. The number of fused-ring (bicyclic) bond motifs is 5. The number of hydrogen-bond donors (Lipinski definition) is 0. The van der Waals surface area contributed by atoms with E-state index < -0.39 is 0 Å². The Kier molecular flexibility index (Phi) is 4.51. The number of aryl methyl sites for hydroxylation is 1. The van der Waals surface area contributed by atoms with E-state index in [1.807, 2.05) is 13.8 Å². The Morgan fingerprint density at radius 2 is 1.35 bits per heavy atom. The summed E-state index contributed by atoms with van der Waals surface area (Å²) in [6.45, 7) is 10.9. The summed E-state index contributed by atoms with van der Waals surface area (Å²) in [6.07, 6.45) is 0. The molecule has 4 aromatic carbocycles. The minimum absolute atomic E-state index is 0.0565. The Balaban J connectivity index is 0.000000994. The molecule has 0 N–H and O–H groups in total. The van der Waals surface area contributed by atoms with E-state index >= 15 is 0 Å². The molecule has 31 heavy (non-hydrogen) atoms. The van der Waals surface area contributed by atoms with Gasteiger partial charge in [-0.05, 0) is 59.5 Å². The highest BCUT2D eigenvalue weighted by Crippen LogP contribution is 2.48. The van der Waals surface area contributed by atoms with Crippen LogP contribution in [0.3, 0.4) is 0 Å². The van der Waals surface area contributed by atoms with Crippen molar-refractivity contribution in [2.45, 2.75) is 40.0 Å². The third-order valence-electron chi connectivity index (χ3n) is 6.62. The van der Waals surface area contributed by atoms with Crippen molar-refractivity contribution >= 4 is 21.8 Å². The molecule has 1 heteroatoms. The van der Waals surface area contributed by atoms with Gasteiger partial charge in [-0.15, -0.1) is 0 Å². The number of rotatable bonds is 1. The highest BCUT2D eigenvalue weighted by molar-refractivity contribution is 6.13. The van der Waals surface area contributed by atoms with Crippen LogP contribution in [0.15, 0.2) is 84.9 Å². The number of nitrogens with zero attached hydrogens (tertiary/aromatic N) is 1. The Hall–Kier alpha value is -3.32. The molecular weight excluding hydrogens is 374 g/mol. The molecule has 1 aromatic heterocycles. The van der Waals surface area contributed by atoms with Crippen LogP contribution in [0.2, 0.25) is 0 Å². The summed E-state index contributed by atoms with van der Waals surface area (Å²) in [4.78, 5) is 0. The number of para-hydroxylation sites is 1. The predicted molar refractivity (Wildman–Crippen MR) is 134 cm³/mol. The van der Waals surface area contributed by atoms with E-state index in [9.17, 15) is 0 Å². The smallest absolute Gasteiger partial charge is 0.0582 e. The Morgan fingerprint density at radius 3 is 2.13 bits per heavy atom. The van der Waals surface area contributed by atoms with Crippen LogP contribution in [0.25, 0.3) is 38.6 Å². The lowest BCUT2D eigenvalue weighted by Crippen LogP contribution is -2.26. The van der Waals surface area contributed by atoms with Gasteiger partial charge in [0.1, 0.15) is 0 Å². The fourth-order valence-corrected chi connectivity index (χ4v) is 5.13. The zero-order valence-electron chi connectivity index (χ0n) is 19.0. The van der Waals surface area contributed by atoms with Gasteiger partial charge in [0.15, 0.2) is 0 Å². The van der Waals surface area contributed by atoms with Crippen molar-refractivity contribution in [3.05, 3.63) is 102 Å². The Labute approximate surface area is 185 Å². The Morgan fingerprint density at radius 1 is 0.645 bits per heavy atom. The van der Waals surface area contributed by atoms with Crippen molar-refractivity contribution in [1.29, 1.82) is 0 Å². The predicted octanol–water partition coefficient (Wildman–Crippen LogP) is 8.42. The molecule has 2 heterocycles. The molecule has 5 aromatic rings. The van der Waals surface area contributed by atoms with E-state index in [4.69, 9.17) is 0 Å². The summed E-state index contributed by atoms with van der Waals surface area (Å²) in [5.41, 5.74) is 10.6. The van der Waals surface area contributed by atoms with Crippen LogP contribution in [0.5, 0.6) is 0 Å². The number of benzene rings is 4. The second-order valence-corrected chi connectivity index (χ2v) is 8.78. The SMILES string of the molecule is CC.Cc1ccc2c(c1)c1cc(-c3ccccc3)cc3c1n2-c1ccccc1C3(C)C. The molecule has 0 radical (unpaired) electrons. The molecule has 1 nitrogen and oxygen atoms in total. The molecule has 0 aliphatic carbocycles. The largest absolute Gasteiger partial charge is 0.309 e. The van der Waals surface area contributed by atoms with Crippen molar-refractivity contribution in [2.24, 2.45) is 0 Å². The monoisotopic (exact) mass is 403 g/mol. The van der Waals surface area contributed by atoms with Crippen LogP contribution in [-0.4, -0.2) is 4.57 Å². The minimum Gasteiger partial charge on any atom is -0.309 e. The summed E-state index contributed by atoms with van der Waals surface area (Å²) in [6, 6.07) is 31.3. The van der Waals surface area contributed by atoms with Crippen molar-refractivity contribution < 1.29 is 0 Å². The third-order valence-corrected chi connectivity index (χ3v) is 6.62. The van der Waals surface area contributed by atoms with E-state index in [0.717, 1.165) is 0 Å². The summed E-state index contributed by atoms with van der Waals surface area (Å²) in [5, 5.41) is 2.69. The highest BCUT2D eigenvalue weighted by atomic mass is 15.0. The normalized spacial score (nSPS) is 13.6. The van der Waals surface area contributed by atoms with Crippen molar-refractivity contribution in [3.8, 4) is 16.8 Å². The molecule has 0 spiro atoms. The molecule has 0 amide bonds. The molecule has 0 bridgehead atoms. The zero-order chi connectivity index (χ0) is 21.8. The van der Waals surface area contributed by atoms with Gasteiger partial charge in [-0.2, -0.15) is 0 Å². The fraction of sp³-hybridized carbons (Fsp3) is 0.200. The van der Waals surface area contributed by atoms with Gasteiger partial charge < -0.3 is 4.57 Å². The van der Waals surface area contributed by atoms with Crippen LogP contribution < -0.4 is 0 Å². The van der Waals surface area contributed by atoms with Crippen LogP contribution in [0.4, 0.5) is 0 Å². The lowest BCUT2D eigenvalue weighted by atomic mass is 9.74. The van der Waals surface area contributed by atoms with Gasteiger partial charge >= 0.3 is 0 Å². The van der Waals surface area contributed by atoms with Crippen molar-refractivity contribution in [3.63, 3.8) is 0 Å². The maximum Gasteiger partial charge on any atom is 0.0582 e. The van der Waals surface area contributed by atoms with E-state index in [0.29, 0.717) is 0 Å². The second-order valence-electron chi connectivity index (χ2n) is 8.78. The van der Waals surface area contributed by atoms with Gasteiger partial charge in [-0.1, -0.05) is 87.9 Å². The van der Waals surface area contributed by atoms with Crippen molar-refractivity contribution in [2.75, 3.05) is 0 Å². The summed E-state index contributed by atoms with van der Waals surface area (Å²) in [5.74, 6) is 0. The van der Waals surface area contributed by atoms with Gasteiger partial charge in [0.25, 0.3) is 0 Å². The molecule has 0 saturated carbocycles. The van der Waals surface area contributed by atoms with Gasteiger partial charge in [-0.25, -0.2) is 0 Å². The first-order valence-electron chi connectivity index (χ1n) is 11.3. The van der Waals surface area contributed by atoms with Crippen LogP contribution in [0, 0.1) is 6.92 Å². The summed E-state index contributed by atoms with van der Waals surface area (Å²) in [7, 11) is 0. The average Bonchev–Trinajstić information content (AvgIpc) is 3.13. The van der Waals surface area contributed by atoms with Crippen LogP contribution >= 0.6 is 0 Å². The third kappa shape index (κ3) is 2.76. The molecule has 6 rings (SSSR count). The fourth-order valence-electron chi connectivity index (χ4n) is 5.13. The lowest BCUT2D eigenvalue weighted by Gasteiger charge is -2.35. The molecule has 0 fully saturated rings. The van der Waals surface area contributed by atoms with E-state index in [1.54, 1.807) is 0 Å². The van der Waals surface area contributed by atoms with Gasteiger partial charge in [0, 0.05) is 16.2 Å². The topological polar surface area (TPSA) is 4.93 Å². The number of hydrogen-bond acceptors (Lipinski definition) is 0. The van der Waals surface area contributed by atoms with E-state index in [-0.39, 0.29) is 5.41 Å². The Bertz CT molecular complexity index is 1420. The molecule has 0 unspecified atom stereocenters. The number of aromatic nitrogens is 1. The van der Waals surface area contributed by atoms with Crippen LogP contribution in [-0.2, 0) is 5.41 Å². The molecule has 0 atom stereocenters. The zero-order valence-corrected chi connectivity index (χ0v) is 19.0. The molecule has 1 aliphatic heterocycles. The lowest BCUT2D eigenvalue weighted by molar-refractivity contribution is 0.630. The van der Waals surface area contributed by atoms with Gasteiger partial charge in [0.05, 0.1) is 16.7 Å². The standard InChI is InChI=1S/C28H23N.C2H6/c1-18-13-14-25-21(15-18)22-16-20(19-9-5-4-6-10-19)17-24-27(22)29(25)26-12-8-7-11-23(26)28(24,2)3;1-2/h4-17H,1-3H3;1-2H3. The molecular formula is C30H29N. The maximum absolute atomic E-state index is 2.48. The maximum atomic E-state index is 2.48. The van der Waals surface area contributed by atoms with Gasteiger partial charge in [0.2, 0.25) is 0 Å². The second kappa shape index (κ2) is 7.13. The molecule has 154 valence electrons. The van der Waals surface area contributed by atoms with E-state index in [1.165, 1.54) is 55.3 Å². The average molecular weight is 404 g/mol. The van der Waals surface area contributed by atoms with E-state index in [2.05, 4.69) is 110 Å². The molecule has 0 saturated heterocycles. The quantitative estimate of drug-likeness (QED) is 0.265. The van der Waals surface area contributed by atoms with Crippen molar-refractivity contribution in [1.82, 2.24) is 4.57 Å². The van der Waals surface area contributed by atoms with Gasteiger partial charge in [-0.3, -0.25) is 0 Å². The van der Waals surface area contributed by atoms with Crippen LogP contribution in [0.1, 0.15) is 44.4 Å². The molecule has 1 aliphatic rings. The first-order chi connectivity index (χ1) is 15.1. The first-order valence-corrected chi connectivity index (χ1v) is 11.3. The first kappa shape index (κ1) is 19.6. The minimum atomic E-state index is -0.0565. The highest BCUT2D eigenvalue weighted by Gasteiger charge is 2.35.